The molecule has 0 aliphatic rings. The largest absolute Gasteiger partial charge is 0.497 e. The smallest absolute Gasteiger partial charge is 0.328 e. The van der Waals surface area contributed by atoms with E-state index in [9.17, 15) is 14.4 Å². The lowest BCUT2D eigenvalue weighted by atomic mass is 10.1. The molecular formula is C15H19NO6. The fourth-order valence-electron chi connectivity index (χ4n) is 1.73. The third-order valence-electron chi connectivity index (χ3n) is 2.80. The maximum atomic E-state index is 12.2. The normalized spacial score (nSPS) is 11.2. The molecule has 1 aromatic carbocycles. The molecule has 0 saturated carbocycles. The molecule has 22 heavy (non-hydrogen) atoms. The molecule has 1 atom stereocenters. The summed E-state index contributed by atoms with van der Waals surface area (Å²) < 4.78 is 14.4. The average Bonchev–Trinajstić information content (AvgIpc) is 2.53. The van der Waals surface area contributed by atoms with Crippen LogP contribution in [0.1, 0.15) is 23.7 Å². The van der Waals surface area contributed by atoms with Gasteiger partial charge in [-0.25, -0.2) is 4.79 Å². The molecule has 0 fully saturated rings. The number of methoxy groups -OCH3 is 2. The lowest BCUT2D eigenvalue weighted by Crippen LogP contribution is -2.43. The molecule has 0 saturated heterocycles. The molecule has 0 aliphatic carbocycles. The Balaban J connectivity index is 2.81. The van der Waals surface area contributed by atoms with Crippen molar-refractivity contribution in [2.45, 2.75) is 19.4 Å². The molecule has 7 heteroatoms. The highest BCUT2D eigenvalue weighted by atomic mass is 16.5. The van der Waals surface area contributed by atoms with Crippen LogP contribution in [0.5, 0.6) is 5.75 Å². The van der Waals surface area contributed by atoms with Crippen LogP contribution < -0.4 is 10.1 Å². The van der Waals surface area contributed by atoms with E-state index in [1.54, 1.807) is 25.1 Å². The van der Waals surface area contributed by atoms with Crippen LogP contribution in [0.4, 0.5) is 0 Å². The van der Waals surface area contributed by atoms with Crippen molar-refractivity contribution >= 4 is 17.8 Å². The molecule has 7 nitrogen and oxygen atoms in total. The molecule has 0 radical (unpaired) electrons. The number of amides is 1. The number of carbonyl (C=O) groups is 3. The van der Waals surface area contributed by atoms with Gasteiger partial charge in [0, 0.05) is 5.56 Å². The Morgan fingerprint density at radius 1 is 1.23 bits per heavy atom. The molecule has 1 unspecified atom stereocenters. The summed E-state index contributed by atoms with van der Waals surface area (Å²) >= 11 is 0. The molecular weight excluding hydrogens is 290 g/mol. The van der Waals surface area contributed by atoms with Crippen LogP contribution in [-0.2, 0) is 19.1 Å². The highest BCUT2D eigenvalue weighted by Gasteiger charge is 2.25. The average molecular weight is 309 g/mol. The minimum absolute atomic E-state index is 0.191. The van der Waals surface area contributed by atoms with Crippen molar-refractivity contribution in [2.75, 3.05) is 20.8 Å². The van der Waals surface area contributed by atoms with Crippen molar-refractivity contribution in [3.05, 3.63) is 29.8 Å². The van der Waals surface area contributed by atoms with E-state index in [1.165, 1.54) is 20.3 Å². The van der Waals surface area contributed by atoms with E-state index in [2.05, 4.69) is 10.1 Å². The number of carbonyl (C=O) groups excluding carboxylic acids is 3. The van der Waals surface area contributed by atoms with E-state index in [1.807, 2.05) is 0 Å². The fraction of sp³-hybridized carbons (Fsp3) is 0.400. The molecule has 0 aliphatic heterocycles. The first-order chi connectivity index (χ1) is 10.5. The Labute approximate surface area is 128 Å². The maximum absolute atomic E-state index is 12.2. The summed E-state index contributed by atoms with van der Waals surface area (Å²) in [6.45, 7) is 1.84. The monoisotopic (exact) mass is 309 g/mol. The topological polar surface area (TPSA) is 90.9 Å². The minimum atomic E-state index is -1.11. The van der Waals surface area contributed by atoms with Gasteiger partial charge >= 0.3 is 11.9 Å². The highest BCUT2D eigenvalue weighted by Crippen LogP contribution is 2.13. The number of rotatable bonds is 7. The van der Waals surface area contributed by atoms with Gasteiger partial charge in [0.15, 0.2) is 0 Å². The van der Waals surface area contributed by atoms with Crippen molar-refractivity contribution in [3.8, 4) is 5.75 Å². The third-order valence-corrected chi connectivity index (χ3v) is 2.80. The highest BCUT2D eigenvalue weighted by molar-refractivity contribution is 5.97. The van der Waals surface area contributed by atoms with Gasteiger partial charge in [-0.1, -0.05) is 6.07 Å². The second-order valence-corrected chi connectivity index (χ2v) is 4.29. The molecule has 1 N–H and O–H groups in total. The summed E-state index contributed by atoms with van der Waals surface area (Å²) in [5, 5.41) is 2.45. The van der Waals surface area contributed by atoms with Gasteiger partial charge in [-0.2, -0.15) is 0 Å². The predicted molar refractivity (Wildman–Crippen MR) is 77.5 cm³/mol. The number of ether oxygens (including phenoxy) is 3. The second kappa shape index (κ2) is 8.66. The summed E-state index contributed by atoms with van der Waals surface area (Å²) in [6, 6.07) is 5.31. The van der Waals surface area contributed by atoms with E-state index in [-0.39, 0.29) is 13.0 Å². The first-order valence-corrected chi connectivity index (χ1v) is 6.70. The quantitative estimate of drug-likeness (QED) is 0.753. The second-order valence-electron chi connectivity index (χ2n) is 4.29. The molecule has 1 aromatic rings. The van der Waals surface area contributed by atoms with Crippen LogP contribution >= 0.6 is 0 Å². The molecule has 1 rings (SSSR count). The SMILES string of the molecule is CCOC(=O)CC(NC(=O)c1cccc(OC)c1)C(=O)OC. The Bertz CT molecular complexity index is 543. The molecule has 0 heterocycles. The van der Waals surface area contributed by atoms with Crippen molar-refractivity contribution in [2.24, 2.45) is 0 Å². The van der Waals surface area contributed by atoms with Crippen LogP contribution in [0.3, 0.4) is 0 Å². The number of esters is 2. The maximum Gasteiger partial charge on any atom is 0.328 e. The Morgan fingerprint density at radius 3 is 2.55 bits per heavy atom. The van der Waals surface area contributed by atoms with E-state index < -0.39 is 23.9 Å². The van der Waals surface area contributed by atoms with Crippen LogP contribution in [0, 0.1) is 0 Å². The van der Waals surface area contributed by atoms with Crippen LogP contribution in [0.2, 0.25) is 0 Å². The molecule has 1 amide bonds. The van der Waals surface area contributed by atoms with Gasteiger partial charge in [-0.15, -0.1) is 0 Å². The lowest BCUT2D eigenvalue weighted by molar-refractivity contribution is -0.150. The van der Waals surface area contributed by atoms with Gasteiger partial charge in [0.25, 0.3) is 5.91 Å². The summed E-state index contributed by atoms with van der Waals surface area (Å²) in [6.07, 6.45) is -0.295. The summed E-state index contributed by atoms with van der Waals surface area (Å²) in [4.78, 5) is 35.3. The first-order valence-electron chi connectivity index (χ1n) is 6.70. The van der Waals surface area contributed by atoms with Gasteiger partial charge in [-0.05, 0) is 25.1 Å². The van der Waals surface area contributed by atoms with Gasteiger partial charge in [0.05, 0.1) is 27.2 Å². The van der Waals surface area contributed by atoms with Crippen LogP contribution in [-0.4, -0.2) is 44.7 Å². The number of benzene rings is 1. The van der Waals surface area contributed by atoms with Gasteiger partial charge < -0.3 is 19.5 Å². The van der Waals surface area contributed by atoms with Gasteiger partial charge in [0.1, 0.15) is 11.8 Å². The number of nitrogens with one attached hydrogen (secondary N) is 1. The van der Waals surface area contributed by atoms with E-state index in [0.29, 0.717) is 11.3 Å². The zero-order valence-corrected chi connectivity index (χ0v) is 12.8. The van der Waals surface area contributed by atoms with Crippen molar-refractivity contribution < 1.29 is 28.6 Å². The standard InChI is InChI=1S/C15H19NO6/c1-4-22-13(17)9-12(15(19)21-3)16-14(18)10-6-5-7-11(8-10)20-2/h5-8,12H,4,9H2,1-3H3,(H,16,18). The zero-order chi connectivity index (χ0) is 16.5. The molecule has 0 aromatic heterocycles. The summed E-state index contributed by atoms with van der Waals surface area (Å²) in [7, 11) is 2.66. The van der Waals surface area contributed by atoms with Gasteiger partial charge in [0.2, 0.25) is 0 Å². The fourth-order valence-corrected chi connectivity index (χ4v) is 1.73. The predicted octanol–water partition coefficient (Wildman–Crippen LogP) is 0.920. The van der Waals surface area contributed by atoms with Gasteiger partial charge in [-0.3, -0.25) is 9.59 Å². The Morgan fingerprint density at radius 2 is 1.95 bits per heavy atom. The Hall–Kier alpha value is -2.57. The third kappa shape index (κ3) is 5.08. The van der Waals surface area contributed by atoms with Crippen molar-refractivity contribution in [3.63, 3.8) is 0 Å². The summed E-state index contributed by atoms with van der Waals surface area (Å²) in [5.74, 6) is -1.32. The van der Waals surface area contributed by atoms with E-state index in [4.69, 9.17) is 9.47 Å². The van der Waals surface area contributed by atoms with Crippen molar-refractivity contribution in [1.29, 1.82) is 0 Å². The number of hydrogen-bond donors (Lipinski definition) is 1. The summed E-state index contributed by atoms with van der Waals surface area (Å²) in [5.41, 5.74) is 0.303. The molecule has 0 spiro atoms. The minimum Gasteiger partial charge on any atom is -0.497 e. The Kier molecular flexibility index (Phi) is 6.88. The number of hydrogen-bond acceptors (Lipinski definition) is 6. The molecule has 120 valence electrons. The van der Waals surface area contributed by atoms with E-state index in [0.717, 1.165) is 0 Å². The van der Waals surface area contributed by atoms with Crippen molar-refractivity contribution in [1.82, 2.24) is 5.32 Å². The van der Waals surface area contributed by atoms with Crippen LogP contribution in [0.15, 0.2) is 24.3 Å². The van der Waals surface area contributed by atoms with E-state index >= 15 is 0 Å². The van der Waals surface area contributed by atoms with Crippen LogP contribution in [0.25, 0.3) is 0 Å². The lowest BCUT2D eigenvalue weighted by Gasteiger charge is -2.16. The first kappa shape index (κ1) is 17.5. The zero-order valence-electron chi connectivity index (χ0n) is 12.8. The molecule has 0 bridgehead atoms.